The molecule has 60 valence electrons. The van der Waals surface area contributed by atoms with Crippen LogP contribution in [0.25, 0.3) is 0 Å². The van der Waals surface area contributed by atoms with Gasteiger partial charge in [-0.15, -0.1) is 0 Å². The van der Waals surface area contributed by atoms with E-state index in [4.69, 9.17) is 4.18 Å². The molecule has 3 nitrogen and oxygen atoms in total. The van der Waals surface area contributed by atoms with Crippen LogP contribution in [0.2, 0.25) is 0 Å². The fourth-order valence-corrected chi connectivity index (χ4v) is 2.35. The van der Waals surface area contributed by atoms with Gasteiger partial charge in [0.25, 0.3) is 0 Å². The number of hydrogen-bond acceptors (Lipinski definition) is 3. The van der Waals surface area contributed by atoms with Crippen molar-refractivity contribution in [3.05, 3.63) is 0 Å². The summed E-state index contributed by atoms with van der Waals surface area (Å²) in [7, 11) is 0. The Morgan fingerprint density at radius 3 is 2.60 bits per heavy atom. The summed E-state index contributed by atoms with van der Waals surface area (Å²) < 4.78 is 25.9. The van der Waals surface area contributed by atoms with Gasteiger partial charge >= 0.3 is 0 Å². The Labute approximate surface area is 76.2 Å². The van der Waals surface area contributed by atoms with E-state index in [9.17, 15) is 8.76 Å². The zero-order valence-electron chi connectivity index (χ0n) is 5.34. The number of rotatable bonds is 4. The van der Waals surface area contributed by atoms with Crippen LogP contribution in [-0.4, -0.2) is 18.8 Å². The highest BCUT2D eigenvalue weighted by molar-refractivity contribution is 14.1. The minimum atomic E-state index is -2.33. The molecule has 0 amide bonds. The SMILES string of the molecule is O=S([O-])OC1(CCI)CC1. The van der Waals surface area contributed by atoms with Crippen molar-refractivity contribution in [2.75, 3.05) is 4.43 Å². The molecule has 1 fully saturated rings. The molecule has 0 aromatic heterocycles. The second-order valence-electron chi connectivity index (χ2n) is 2.41. The predicted octanol–water partition coefficient (Wildman–Crippen LogP) is 1.15. The van der Waals surface area contributed by atoms with Crippen molar-refractivity contribution in [2.45, 2.75) is 24.9 Å². The van der Waals surface area contributed by atoms with E-state index in [1.165, 1.54) is 0 Å². The van der Waals surface area contributed by atoms with Gasteiger partial charge in [-0.2, -0.15) is 0 Å². The van der Waals surface area contributed by atoms with Crippen molar-refractivity contribution in [3.8, 4) is 0 Å². The van der Waals surface area contributed by atoms with Gasteiger partial charge in [-0.25, -0.2) is 4.21 Å². The largest absolute Gasteiger partial charge is 0.750 e. The Bertz CT molecular complexity index is 146. The second kappa shape index (κ2) is 3.46. The van der Waals surface area contributed by atoms with E-state index in [1.54, 1.807) is 0 Å². The Morgan fingerprint density at radius 2 is 2.30 bits per heavy atom. The van der Waals surface area contributed by atoms with Crippen molar-refractivity contribution >= 4 is 34.0 Å². The Hall–Kier alpha value is 0.800. The molecule has 0 heterocycles. The highest BCUT2D eigenvalue weighted by atomic mass is 127. The maximum Gasteiger partial charge on any atom is 0.0853 e. The summed E-state index contributed by atoms with van der Waals surface area (Å²) >= 11 is -0.109. The molecule has 1 atom stereocenters. The average molecular weight is 275 g/mol. The van der Waals surface area contributed by atoms with Gasteiger partial charge in [0.2, 0.25) is 0 Å². The molecule has 1 saturated carbocycles. The van der Waals surface area contributed by atoms with Crippen LogP contribution >= 0.6 is 22.6 Å². The zero-order valence-corrected chi connectivity index (χ0v) is 8.31. The highest BCUT2D eigenvalue weighted by Gasteiger charge is 2.44. The first-order chi connectivity index (χ1) is 4.68. The summed E-state index contributed by atoms with van der Waals surface area (Å²) in [5, 5.41) is 0. The van der Waals surface area contributed by atoms with E-state index in [1.807, 2.05) is 0 Å². The lowest BCUT2D eigenvalue weighted by Gasteiger charge is -2.15. The van der Waals surface area contributed by atoms with Gasteiger partial charge in [-0.1, -0.05) is 22.6 Å². The minimum Gasteiger partial charge on any atom is -0.750 e. The summed E-state index contributed by atoms with van der Waals surface area (Å²) in [6.45, 7) is 0. The maximum atomic E-state index is 10.1. The molecule has 1 aliphatic rings. The topological polar surface area (TPSA) is 49.4 Å². The van der Waals surface area contributed by atoms with E-state index in [2.05, 4.69) is 22.6 Å². The van der Waals surface area contributed by atoms with Gasteiger partial charge in [-0.3, -0.25) is 4.18 Å². The number of hydrogen-bond donors (Lipinski definition) is 0. The highest BCUT2D eigenvalue weighted by Crippen LogP contribution is 2.43. The molecule has 0 aromatic rings. The van der Waals surface area contributed by atoms with Gasteiger partial charge in [0.15, 0.2) is 0 Å². The van der Waals surface area contributed by atoms with Crippen LogP contribution < -0.4 is 0 Å². The molecule has 10 heavy (non-hydrogen) atoms. The van der Waals surface area contributed by atoms with Crippen molar-refractivity contribution in [3.63, 3.8) is 0 Å². The van der Waals surface area contributed by atoms with Gasteiger partial charge in [0.05, 0.1) is 17.0 Å². The zero-order chi connectivity index (χ0) is 7.61. The monoisotopic (exact) mass is 275 g/mol. The molecular formula is C5H8IO3S-. The second-order valence-corrected chi connectivity index (χ2v) is 4.06. The smallest absolute Gasteiger partial charge is 0.0853 e. The van der Waals surface area contributed by atoms with Crippen LogP contribution in [0.5, 0.6) is 0 Å². The van der Waals surface area contributed by atoms with Crippen molar-refractivity contribution in [2.24, 2.45) is 0 Å². The van der Waals surface area contributed by atoms with Crippen LogP contribution in [0.1, 0.15) is 19.3 Å². The molecule has 0 spiro atoms. The minimum absolute atomic E-state index is 0.298. The third-order valence-corrected chi connectivity index (χ3v) is 2.63. The number of alkyl halides is 1. The molecule has 0 aromatic carbocycles. The summed E-state index contributed by atoms with van der Waals surface area (Å²) in [5.41, 5.74) is -0.298. The molecule has 0 aliphatic heterocycles. The van der Waals surface area contributed by atoms with Crippen molar-refractivity contribution in [1.29, 1.82) is 0 Å². The average Bonchev–Trinajstić information content (AvgIpc) is 2.47. The quantitative estimate of drug-likeness (QED) is 0.439. The van der Waals surface area contributed by atoms with Gasteiger partial charge in [-0.05, 0) is 19.3 Å². The maximum absolute atomic E-state index is 10.1. The van der Waals surface area contributed by atoms with Crippen LogP contribution in [0.3, 0.4) is 0 Å². The Morgan fingerprint density at radius 1 is 1.70 bits per heavy atom. The first-order valence-corrected chi connectivity index (χ1v) is 5.56. The molecular weight excluding hydrogens is 267 g/mol. The van der Waals surface area contributed by atoms with Crippen molar-refractivity contribution in [1.82, 2.24) is 0 Å². The fourth-order valence-electron chi connectivity index (χ4n) is 0.831. The third-order valence-electron chi connectivity index (χ3n) is 1.60. The van der Waals surface area contributed by atoms with Crippen LogP contribution in [0.15, 0.2) is 0 Å². The standard InChI is InChI=1S/C5H9IO3S/c6-4-3-5(1-2-5)9-10(7)8/h1-4H2,(H,7,8)/p-1. The lowest BCUT2D eigenvalue weighted by Crippen LogP contribution is -2.15. The predicted molar refractivity (Wildman–Crippen MR) is 45.5 cm³/mol. The van der Waals surface area contributed by atoms with E-state index in [0.29, 0.717) is 0 Å². The summed E-state index contributed by atoms with van der Waals surface area (Å²) in [4.78, 5) is 0. The molecule has 0 saturated heterocycles. The molecule has 5 heteroatoms. The Kier molecular flexibility index (Phi) is 3.08. The van der Waals surface area contributed by atoms with Crippen LogP contribution in [0.4, 0.5) is 0 Å². The fraction of sp³-hybridized carbons (Fsp3) is 1.00. The first kappa shape index (κ1) is 8.89. The third kappa shape index (κ3) is 2.44. The molecule has 0 radical (unpaired) electrons. The van der Waals surface area contributed by atoms with Gasteiger partial charge in [0.1, 0.15) is 0 Å². The molecule has 1 aliphatic carbocycles. The Balaban J connectivity index is 2.30. The first-order valence-electron chi connectivity index (χ1n) is 3.03. The van der Waals surface area contributed by atoms with Crippen LogP contribution in [0, 0.1) is 0 Å². The van der Waals surface area contributed by atoms with E-state index in [0.717, 1.165) is 23.7 Å². The normalized spacial score (nSPS) is 24.2. The van der Waals surface area contributed by atoms with Crippen LogP contribution in [-0.2, 0) is 15.5 Å². The summed E-state index contributed by atoms with van der Waals surface area (Å²) in [6.07, 6.45) is 2.63. The summed E-state index contributed by atoms with van der Waals surface area (Å²) in [5.74, 6) is 0. The van der Waals surface area contributed by atoms with E-state index < -0.39 is 11.4 Å². The molecule has 0 bridgehead atoms. The number of halogens is 1. The molecule has 1 rings (SSSR count). The van der Waals surface area contributed by atoms with Gasteiger partial charge < -0.3 is 4.55 Å². The van der Waals surface area contributed by atoms with Crippen molar-refractivity contribution < 1.29 is 12.9 Å². The molecule has 0 N–H and O–H groups in total. The molecule has 1 unspecified atom stereocenters. The summed E-state index contributed by atoms with van der Waals surface area (Å²) in [6, 6.07) is 0. The lowest BCUT2D eigenvalue weighted by molar-refractivity contribution is 0.177. The lowest BCUT2D eigenvalue weighted by atomic mass is 10.3. The van der Waals surface area contributed by atoms with Gasteiger partial charge in [0, 0.05) is 4.43 Å². The van der Waals surface area contributed by atoms with E-state index in [-0.39, 0.29) is 5.60 Å². The van der Waals surface area contributed by atoms with E-state index >= 15 is 0 Å².